The van der Waals surface area contributed by atoms with Crippen molar-refractivity contribution in [3.05, 3.63) is 48.2 Å². The molecule has 2 atom stereocenters. The molecule has 2 aliphatic heterocycles. The highest BCUT2D eigenvalue weighted by molar-refractivity contribution is 6.06. The van der Waals surface area contributed by atoms with Gasteiger partial charge in [-0.1, -0.05) is 30.4 Å². The Morgan fingerprint density at radius 2 is 1.65 bits per heavy atom. The van der Waals surface area contributed by atoms with Crippen LogP contribution in [-0.4, -0.2) is 46.7 Å². The molecular weight excluding hydrogens is 332 g/mol. The van der Waals surface area contributed by atoms with E-state index in [-0.39, 0.29) is 35.6 Å². The van der Waals surface area contributed by atoms with E-state index in [1.54, 1.807) is 11.0 Å². The Morgan fingerprint density at radius 1 is 1.00 bits per heavy atom. The normalized spacial score (nSPS) is 25.7. The van der Waals surface area contributed by atoms with Crippen LogP contribution in [0.5, 0.6) is 0 Å². The van der Waals surface area contributed by atoms with Crippen LogP contribution in [0.15, 0.2) is 46.9 Å². The first-order valence-corrected chi connectivity index (χ1v) is 8.93. The number of hydrogen-bond acceptors (Lipinski definition) is 4. The molecule has 1 aromatic carbocycles. The van der Waals surface area contributed by atoms with Gasteiger partial charge in [-0.05, 0) is 25.0 Å². The summed E-state index contributed by atoms with van der Waals surface area (Å²) in [5.74, 6) is -0.493. The molecule has 26 heavy (non-hydrogen) atoms. The monoisotopic (exact) mass is 350 g/mol. The maximum atomic E-state index is 12.6. The third-order valence-electron chi connectivity index (χ3n) is 5.69. The molecular formula is C20H18N2O4. The van der Waals surface area contributed by atoms with E-state index >= 15 is 0 Å². The van der Waals surface area contributed by atoms with Gasteiger partial charge in [-0.15, -0.1) is 0 Å². The number of furan rings is 1. The number of imide groups is 1. The molecule has 3 amide bonds. The Hall–Kier alpha value is -2.89. The number of benzene rings is 1. The van der Waals surface area contributed by atoms with Crippen molar-refractivity contribution < 1.29 is 18.8 Å². The number of carbonyl (C=O) groups excluding carboxylic acids is 3. The van der Waals surface area contributed by atoms with Gasteiger partial charge in [-0.3, -0.25) is 19.3 Å². The van der Waals surface area contributed by atoms with Gasteiger partial charge in [0, 0.05) is 18.5 Å². The first-order valence-electron chi connectivity index (χ1n) is 8.93. The Labute approximate surface area is 150 Å². The smallest absolute Gasteiger partial charge is 0.289 e. The van der Waals surface area contributed by atoms with Crippen molar-refractivity contribution in [1.82, 2.24) is 9.80 Å². The van der Waals surface area contributed by atoms with E-state index in [0.29, 0.717) is 37.3 Å². The minimum Gasteiger partial charge on any atom is -0.451 e. The number of amides is 3. The molecule has 2 saturated heterocycles. The zero-order valence-corrected chi connectivity index (χ0v) is 14.1. The van der Waals surface area contributed by atoms with Crippen molar-refractivity contribution in [2.24, 2.45) is 11.8 Å². The summed E-state index contributed by atoms with van der Waals surface area (Å²) in [5.41, 5.74) is 0.675. The first-order chi connectivity index (χ1) is 12.6. The highest BCUT2D eigenvalue weighted by atomic mass is 16.3. The van der Waals surface area contributed by atoms with E-state index in [1.165, 1.54) is 4.90 Å². The maximum absolute atomic E-state index is 12.6. The molecule has 0 bridgehead atoms. The maximum Gasteiger partial charge on any atom is 0.289 e. The molecule has 0 radical (unpaired) electrons. The number of hydrogen-bond donors (Lipinski definition) is 0. The van der Waals surface area contributed by atoms with E-state index < -0.39 is 0 Å². The number of para-hydroxylation sites is 1. The van der Waals surface area contributed by atoms with Gasteiger partial charge in [0.05, 0.1) is 17.9 Å². The van der Waals surface area contributed by atoms with Crippen LogP contribution in [-0.2, 0) is 9.59 Å². The van der Waals surface area contributed by atoms with Gasteiger partial charge in [-0.25, -0.2) is 0 Å². The fraction of sp³-hybridized carbons (Fsp3) is 0.350. The highest BCUT2D eigenvalue weighted by Gasteiger charge is 2.52. The summed E-state index contributed by atoms with van der Waals surface area (Å²) in [5, 5.41) is 0.884. The van der Waals surface area contributed by atoms with Gasteiger partial charge < -0.3 is 9.32 Å². The predicted molar refractivity (Wildman–Crippen MR) is 93.1 cm³/mol. The topological polar surface area (TPSA) is 70.8 Å². The Morgan fingerprint density at radius 3 is 2.31 bits per heavy atom. The van der Waals surface area contributed by atoms with Crippen LogP contribution < -0.4 is 0 Å². The van der Waals surface area contributed by atoms with Crippen molar-refractivity contribution in [3.63, 3.8) is 0 Å². The minimum absolute atomic E-state index is 0.0785. The summed E-state index contributed by atoms with van der Waals surface area (Å²) in [6, 6.07) is 8.99. The Kier molecular flexibility index (Phi) is 3.29. The van der Waals surface area contributed by atoms with E-state index in [2.05, 4.69) is 0 Å². The van der Waals surface area contributed by atoms with Gasteiger partial charge in [0.2, 0.25) is 11.8 Å². The minimum atomic E-state index is -0.215. The van der Waals surface area contributed by atoms with Gasteiger partial charge in [-0.2, -0.15) is 0 Å². The van der Waals surface area contributed by atoms with Crippen molar-refractivity contribution in [2.45, 2.75) is 18.9 Å². The molecule has 2 fully saturated rings. The standard InChI is InChI=1S/C20H18N2O4/c23-18-14-6-2-3-7-15(14)19(24)22(18)13-10-21(11-13)20(25)17-9-12-5-1-4-8-16(12)26-17/h1-5,8-9,13-15H,6-7,10-11H2/t14-,15-/m1/s1. The lowest BCUT2D eigenvalue weighted by molar-refractivity contribution is -0.145. The van der Waals surface area contributed by atoms with E-state index in [0.717, 1.165) is 5.39 Å². The molecule has 0 unspecified atom stereocenters. The fourth-order valence-electron chi connectivity index (χ4n) is 4.21. The summed E-state index contributed by atoms with van der Waals surface area (Å²) in [6.45, 7) is 0.750. The number of rotatable bonds is 2. The second-order valence-electron chi connectivity index (χ2n) is 7.21. The first kappa shape index (κ1) is 15.4. The van der Waals surface area contributed by atoms with E-state index in [1.807, 2.05) is 36.4 Å². The second kappa shape index (κ2) is 5.56. The van der Waals surface area contributed by atoms with Crippen molar-refractivity contribution >= 4 is 28.7 Å². The molecule has 1 aromatic heterocycles. The third-order valence-corrected chi connectivity index (χ3v) is 5.69. The number of allylic oxidation sites excluding steroid dienone is 2. The van der Waals surface area contributed by atoms with Gasteiger partial charge in [0.1, 0.15) is 5.58 Å². The van der Waals surface area contributed by atoms with Crippen LogP contribution in [0.25, 0.3) is 11.0 Å². The third kappa shape index (κ3) is 2.14. The van der Waals surface area contributed by atoms with Crippen molar-refractivity contribution in [1.29, 1.82) is 0 Å². The van der Waals surface area contributed by atoms with Crippen LogP contribution in [0.4, 0.5) is 0 Å². The lowest BCUT2D eigenvalue weighted by Gasteiger charge is -2.42. The largest absolute Gasteiger partial charge is 0.451 e. The zero-order valence-electron chi connectivity index (χ0n) is 14.1. The van der Waals surface area contributed by atoms with E-state index in [9.17, 15) is 14.4 Å². The molecule has 5 rings (SSSR count). The van der Waals surface area contributed by atoms with Crippen molar-refractivity contribution in [3.8, 4) is 0 Å². The average Bonchev–Trinajstić information content (AvgIpc) is 3.16. The van der Waals surface area contributed by atoms with Gasteiger partial charge in [0.15, 0.2) is 5.76 Å². The number of carbonyl (C=O) groups is 3. The second-order valence-corrected chi connectivity index (χ2v) is 7.21. The fourth-order valence-corrected chi connectivity index (χ4v) is 4.21. The number of fused-ring (bicyclic) bond motifs is 2. The molecule has 0 N–H and O–H groups in total. The number of likely N-dealkylation sites (tertiary alicyclic amines) is 2. The molecule has 6 heteroatoms. The lowest BCUT2D eigenvalue weighted by atomic mass is 9.85. The van der Waals surface area contributed by atoms with Crippen LogP contribution in [0, 0.1) is 11.8 Å². The summed E-state index contributed by atoms with van der Waals surface area (Å²) in [7, 11) is 0. The summed E-state index contributed by atoms with van der Waals surface area (Å²) < 4.78 is 5.62. The Bertz CT molecular complexity index is 895. The number of nitrogens with zero attached hydrogens (tertiary/aromatic N) is 2. The van der Waals surface area contributed by atoms with Crippen LogP contribution >= 0.6 is 0 Å². The van der Waals surface area contributed by atoms with Crippen LogP contribution in [0.2, 0.25) is 0 Å². The molecule has 132 valence electrons. The molecule has 0 saturated carbocycles. The zero-order chi connectivity index (χ0) is 17.8. The summed E-state index contributed by atoms with van der Waals surface area (Å²) in [6.07, 6.45) is 5.24. The highest BCUT2D eigenvalue weighted by Crippen LogP contribution is 2.37. The molecule has 0 spiro atoms. The van der Waals surface area contributed by atoms with Gasteiger partial charge >= 0.3 is 0 Å². The molecule has 2 aromatic rings. The molecule has 1 aliphatic carbocycles. The summed E-state index contributed by atoms with van der Waals surface area (Å²) >= 11 is 0. The van der Waals surface area contributed by atoms with Crippen LogP contribution in [0.1, 0.15) is 23.4 Å². The van der Waals surface area contributed by atoms with Crippen LogP contribution in [0.3, 0.4) is 0 Å². The predicted octanol–water partition coefficient (Wildman–Crippen LogP) is 2.21. The van der Waals surface area contributed by atoms with E-state index in [4.69, 9.17) is 4.42 Å². The summed E-state index contributed by atoms with van der Waals surface area (Å²) in [4.78, 5) is 40.8. The SMILES string of the molecule is O=C(c1cc2ccccc2o1)N1CC(N2C(=O)[C@@H]3CC=CC[C@H]3C2=O)C1. The molecule has 3 aliphatic rings. The van der Waals surface area contributed by atoms with Gasteiger partial charge in [0.25, 0.3) is 5.91 Å². The average molecular weight is 350 g/mol. The Balaban J connectivity index is 1.29. The van der Waals surface area contributed by atoms with Crippen molar-refractivity contribution in [2.75, 3.05) is 13.1 Å². The molecule has 6 nitrogen and oxygen atoms in total. The quantitative estimate of drug-likeness (QED) is 0.615. The molecule has 3 heterocycles. The lowest BCUT2D eigenvalue weighted by Crippen LogP contribution is -2.62.